The number of rotatable bonds is 2. The Morgan fingerprint density at radius 1 is 1.22 bits per heavy atom. The number of hydrogen-bond acceptors (Lipinski definition) is 2. The van der Waals surface area contributed by atoms with Gasteiger partial charge in [0.1, 0.15) is 0 Å². The summed E-state index contributed by atoms with van der Waals surface area (Å²) < 4.78 is 29.1. The van der Waals surface area contributed by atoms with Gasteiger partial charge in [-0.05, 0) is 12.8 Å². The minimum Gasteiger partial charge on any atom is -0.285 e. The van der Waals surface area contributed by atoms with Crippen LogP contribution in [0.2, 0.25) is 0 Å². The molecule has 0 aliphatic rings. The summed E-state index contributed by atoms with van der Waals surface area (Å²) in [6.07, 6.45) is 0. The van der Waals surface area contributed by atoms with Gasteiger partial charge in [-0.15, -0.1) is 0 Å². The SMILES string of the molecule is CC(C)C(C)S(=O)(=O)O. The van der Waals surface area contributed by atoms with Crippen molar-refractivity contribution in [2.75, 3.05) is 0 Å². The summed E-state index contributed by atoms with van der Waals surface area (Å²) in [4.78, 5) is 0. The molecule has 0 bridgehead atoms. The standard InChI is InChI=1S/C5H12O3S/c1-4(2)5(3)9(6,7)8/h4-5H,1-3H3,(H,6,7,8). The molecule has 3 nitrogen and oxygen atoms in total. The van der Waals surface area contributed by atoms with Gasteiger partial charge in [-0.25, -0.2) is 0 Å². The maximum Gasteiger partial charge on any atom is 0.267 e. The number of hydrogen-bond donors (Lipinski definition) is 1. The highest BCUT2D eigenvalue weighted by molar-refractivity contribution is 7.86. The zero-order chi connectivity index (χ0) is 7.65. The van der Waals surface area contributed by atoms with Crippen molar-refractivity contribution < 1.29 is 13.0 Å². The fourth-order valence-electron chi connectivity index (χ4n) is 0.344. The fourth-order valence-corrected chi connectivity index (χ4v) is 1.03. The topological polar surface area (TPSA) is 54.4 Å². The third kappa shape index (κ3) is 2.81. The molecule has 4 heteroatoms. The van der Waals surface area contributed by atoms with Crippen molar-refractivity contribution >= 4 is 10.1 Å². The van der Waals surface area contributed by atoms with Gasteiger partial charge >= 0.3 is 0 Å². The molecule has 1 N–H and O–H groups in total. The van der Waals surface area contributed by atoms with Gasteiger partial charge in [0.05, 0.1) is 5.25 Å². The van der Waals surface area contributed by atoms with Crippen molar-refractivity contribution in [1.82, 2.24) is 0 Å². The van der Waals surface area contributed by atoms with E-state index in [1.807, 2.05) is 0 Å². The fraction of sp³-hybridized carbons (Fsp3) is 1.00. The molecule has 0 fully saturated rings. The molecule has 1 unspecified atom stereocenters. The molecule has 0 spiro atoms. The van der Waals surface area contributed by atoms with E-state index in [4.69, 9.17) is 4.55 Å². The molecular weight excluding hydrogens is 140 g/mol. The molecule has 9 heavy (non-hydrogen) atoms. The van der Waals surface area contributed by atoms with Crippen LogP contribution in [0, 0.1) is 5.92 Å². The zero-order valence-corrected chi connectivity index (χ0v) is 6.64. The van der Waals surface area contributed by atoms with Gasteiger partial charge in [-0.1, -0.05) is 13.8 Å². The van der Waals surface area contributed by atoms with Crippen LogP contribution in [0.4, 0.5) is 0 Å². The zero-order valence-electron chi connectivity index (χ0n) is 5.83. The molecular formula is C5H12O3S. The molecule has 0 aromatic rings. The van der Waals surface area contributed by atoms with Gasteiger partial charge in [0.25, 0.3) is 10.1 Å². The van der Waals surface area contributed by atoms with Gasteiger partial charge < -0.3 is 0 Å². The molecule has 0 rings (SSSR count). The molecule has 1 atom stereocenters. The van der Waals surface area contributed by atoms with Crippen molar-refractivity contribution in [3.05, 3.63) is 0 Å². The minimum absolute atomic E-state index is 0.0278. The molecule has 0 aromatic carbocycles. The van der Waals surface area contributed by atoms with Crippen LogP contribution in [0.5, 0.6) is 0 Å². The van der Waals surface area contributed by atoms with Gasteiger partial charge in [0.15, 0.2) is 0 Å². The molecule has 0 saturated heterocycles. The van der Waals surface area contributed by atoms with E-state index in [0.717, 1.165) is 0 Å². The van der Waals surface area contributed by atoms with E-state index < -0.39 is 15.4 Å². The van der Waals surface area contributed by atoms with E-state index in [1.54, 1.807) is 13.8 Å². The van der Waals surface area contributed by atoms with Crippen LogP contribution >= 0.6 is 0 Å². The normalized spacial score (nSPS) is 16.1. The molecule has 0 saturated carbocycles. The van der Waals surface area contributed by atoms with Crippen molar-refractivity contribution in [3.63, 3.8) is 0 Å². The van der Waals surface area contributed by atoms with E-state index in [1.165, 1.54) is 6.92 Å². The van der Waals surface area contributed by atoms with Crippen LogP contribution < -0.4 is 0 Å². The van der Waals surface area contributed by atoms with Crippen LogP contribution in [0.3, 0.4) is 0 Å². The summed E-state index contributed by atoms with van der Waals surface area (Å²) in [5.41, 5.74) is 0. The predicted molar refractivity (Wildman–Crippen MR) is 35.8 cm³/mol. The Morgan fingerprint density at radius 2 is 1.56 bits per heavy atom. The Balaban J connectivity index is 4.24. The van der Waals surface area contributed by atoms with Gasteiger partial charge in [0, 0.05) is 0 Å². The summed E-state index contributed by atoms with van der Waals surface area (Å²) in [6.45, 7) is 4.98. The van der Waals surface area contributed by atoms with Gasteiger partial charge in [-0.2, -0.15) is 8.42 Å². The average molecular weight is 152 g/mol. The average Bonchev–Trinajstić information content (AvgIpc) is 1.62. The summed E-state index contributed by atoms with van der Waals surface area (Å²) in [5.74, 6) is -0.0278. The molecule has 0 aromatic heterocycles. The molecule has 0 aliphatic heterocycles. The Hall–Kier alpha value is -0.0900. The molecule has 56 valence electrons. The van der Waals surface area contributed by atoms with Gasteiger partial charge in [-0.3, -0.25) is 4.55 Å². The van der Waals surface area contributed by atoms with Crippen molar-refractivity contribution in [2.45, 2.75) is 26.0 Å². The van der Waals surface area contributed by atoms with Crippen molar-refractivity contribution in [1.29, 1.82) is 0 Å². The minimum atomic E-state index is -3.80. The lowest BCUT2D eigenvalue weighted by Gasteiger charge is -2.10. The predicted octanol–water partition coefficient (Wildman–Crippen LogP) is 0.919. The van der Waals surface area contributed by atoms with E-state index in [-0.39, 0.29) is 5.92 Å². The summed E-state index contributed by atoms with van der Waals surface area (Å²) in [5, 5.41) is -0.655. The van der Waals surface area contributed by atoms with Crippen molar-refractivity contribution in [3.8, 4) is 0 Å². The smallest absolute Gasteiger partial charge is 0.267 e. The van der Waals surface area contributed by atoms with E-state index in [2.05, 4.69) is 0 Å². The highest BCUT2D eigenvalue weighted by Gasteiger charge is 2.20. The second-order valence-corrected chi connectivity index (χ2v) is 4.24. The van der Waals surface area contributed by atoms with Gasteiger partial charge in [0.2, 0.25) is 0 Å². The lowest BCUT2D eigenvalue weighted by Crippen LogP contribution is -2.22. The highest BCUT2D eigenvalue weighted by Crippen LogP contribution is 2.08. The molecule has 0 amide bonds. The maximum atomic E-state index is 10.3. The van der Waals surface area contributed by atoms with Crippen LogP contribution in [0.15, 0.2) is 0 Å². The summed E-state index contributed by atoms with van der Waals surface area (Å²) >= 11 is 0. The summed E-state index contributed by atoms with van der Waals surface area (Å²) in [6, 6.07) is 0. The third-order valence-corrected chi connectivity index (χ3v) is 2.89. The van der Waals surface area contributed by atoms with E-state index in [9.17, 15) is 8.42 Å². The van der Waals surface area contributed by atoms with Crippen LogP contribution in [-0.2, 0) is 10.1 Å². The first-order valence-corrected chi connectivity index (χ1v) is 4.32. The van der Waals surface area contributed by atoms with Crippen molar-refractivity contribution in [2.24, 2.45) is 5.92 Å². The second kappa shape index (κ2) is 2.66. The maximum absolute atomic E-state index is 10.3. The Labute approximate surface area is 55.8 Å². The first-order chi connectivity index (χ1) is 3.85. The Kier molecular flexibility index (Phi) is 2.64. The summed E-state index contributed by atoms with van der Waals surface area (Å²) in [7, 11) is -3.80. The largest absolute Gasteiger partial charge is 0.285 e. The second-order valence-electron chi connectivity index (χ2n) is 2.46. The lowest BCUT2D eigenvalue weighted by atomic mass is 10.2. The first-order valence-electron chi connectivity index (χ1n) is 2.82. The molecule has 0 radical (unpaired) electrons. The van der Waals surface area contributed by atoms with Crippen LogP contribution in [0.1, 0.15) is 20.8 Å². The first kappa shape index (κ1) is 8.91. The molecule has 0 heterocycles. The van der Waals surface area contributed by atoms with Crippen LogP contribution in [0.25, 0.3) is 0 Å². The Morgan fingerprint density at radius 3 is 1.56 bits per heavy atom. The Bertz CT molecular complexity index is 169. The van der Waals surface area contributed by atoms with Crippen LogP contribution in [-0.4, -0.2) is 18.2 Å². The monoisotopic (exact) mass is 152 g/mol. The lowest BCUT2D eigenvalue weighted by molar-refractivity contribution is 0.449. The quantitative estimate of drug-likeness (QED) is 0.598. The van der Waals surface area contributed by atoms with E-state index >= 15 is 0 Å². The third-order valence-electron chi connectivity index (χ3n) is 1.41. The van der Waals surface area contributed by atoms with E-state index in [0.29, 0.717) is 0 Å². The highest BCUT2D eigenvalue weighted by atomic mass is 32.2. The molecule has 0 aliphatic carbocycles.